The Bertz CT molecular complexity index is 899. The number of primary amides is 1. The lowest BCUT2D eigenvalue weighted by Crippen LogP contribution is -2.52. The fourth-order valence-corrected chi connectivity index (χ4v) is 5.45. The zero-order valence-corrected chi connectivity index (χ0v) is 18.7. The third kappa shape index (κ3) is 3.84. The Morgan fingerprint density at radius 1 is 1.29 bits per heavy atom. The van der Waals surface area contributed by atoms with E-state index in [4.69, 9.17) is 5.73 Å². The van der Waals surface area contributed by atoms with Gasteiger partial charge in [-0.15, -0.1) is 0 Å². The molecular formula is C24H34N4O3. The van der Waals surface area contributed by atoms with Gasteiger partial charge in [0.05, 0.1) is 11.5 Å². The first-order valence-corrected chi connectivity index (χ1v) is 11.5. The van der Waals surface area contributed by atoms with E-state index >= 15 is 0 Å². The van der Waals surface area contributed by atoms with Crippen molar-refractivity contribution in [3.05, 3.63) is 29.3 Å². The molecule has 4 bridgehead atoms. The van der Waals surface area contributed by atoms with Crippen LogP contribution in [0.1, 0.15) is 69.9 Å². The summed E-state index contributed by atoms with van der Waals surface area (Å²) in [6, 6.07) is 4.99. The standard InChI is InChI=1S/C24H34N4O3/c1-14(2)10-19-22(30)28-13-24(12-20(28)21(25)29)17-11-16(7-8-18(17)27-23(24)31)15(3)6-4-5-9-26-19/h7-8,11,14-15,19-20,26H,4-6,9-10,12-13H2,1-3H3,(H2,25,29)(H,27,31)/t15?,19-,20-,24-/m0/s1. The number of carbonyl (C=O) groups excluding carboxylic acids is 3. The maximum Gasteiger partial charge on any atom is 0.240 e. The average Bonchev–Trinajstić information content (AvgIpc) is 3.25. The molecule has 3 aliphatic heterocycles. The smallest absolute Gasteiger partial charge is 0.240 e. The topological polar surface area (TPSA) is 105 Å². The Morgan fingerprint density at radius 3 is 2.77 bits per heavy atom. The second-order valence-electron chi connectivity index (χ2n) is 9.96. The highest BCUT2D eigenvalue weighted by atomic mass is 16.2. The van der Waals surface area contributed by atoms with Crippen LogP contribution in [0.2, 0.25) is 0 Å². The van der Waals surface area contributed by atoms with E-state index in [1.165, 1.54) is 5.56 Å². The van der Waals surface area contributed by atoms with Crippen LogP contribution in [0.25, 0.3) is 0 Å². The molecule has 4 rings (SSSR count). The van der Waals surface area contributed by atoms with Crippen LogP contribution < -0.4 is 16.4 Å². The van der Waals surface area contributed by atoms with E-state index in [1.54, 1.807) is 4.90 Å². The lowest BCUT2D eigenvalue weighted by molar-refractivity contribution is -0.139. The summed E-state index contributed by atoms with van der Waals surface area (Å²) in [5.41, 5.74) is 7.69. The molecule has 0 saturated carbocycles. The second-order valence-corrected chi connectivity index (χ2v) is 9.96. The Morgan fingerprint density at radius 2 is 2.06 bits per heavy atom. The molecule has 7 nitrogen and oxygen atoms in total. The number of hydrogen-bond donors (Lipinski definition) is 3. The van der Waals surface area contributed by atoms with E-state index in [9.17, 15) is 14.4 Å². The molecule has 0 radical (unpaired) electrons. The average molecular weight is 427 g/mol. The zero-order valence-electron chi connectivity index (χ0n) is 18.7. The number of benzene rings is 1. The molecule has 1 aromatic carbocycles. The van der Waals surface area contributed by atoms with Crippen LogP contribution in [-0.2, 0) is 19.8 Å². The van der Waals surface area contributed by atoms with E-state index < -0.39 is 17.4 Å². The molecule has 4 atom stereocenters. The molecule has 1 unspecified atom stereocenters. The van der Waals surface area contributed by atoms with Crippen LogP contribution in [-0.4, -0.2) is 47.8 Å². The number of nitrogens with zero attached hydrogens (tertiary/aromatic N) is 1. The van der Waals surface area contributed by atoms with Crippen LogP contribution in [0.4, 0.5) is 5.69 Å². The van der Waals surface area contributed by atoms with Crippen LogP contribution in [0.3, 0.4) is 0 Å². The highest BCUT2D eigenvalue weighted by Gasteiger charge is 2.57. The van der Waals surface area contributed by atoms with E-state index in [-0.39, 0.29) is 30.8 Å². The van der Waals surface area contributed by atoms with E-state index in [1.807, 2.05) is 6.07 Å². The van der Waals surface area contributed by atoms with Crippen molar-refractivity contribution in [2.24, 2.45) is 11.7 Å². The summed E-state index contributed by atoms with van der Waals surface area (Å²) in [7, 11) is 0. The van der Waals surface area contributed by atoms with Gasteiger partial charge in [0.1, 0.15) is 6.04 Å². The molecule has 0 aromatic heterocycles. The highest BCUT2D eigenvalue weighted by molar-refractivity contribution is 6.08. The van der Waals surface area contributed by atoms with Gasteiger partial charge in [-0.25, -0.2) is 0 Å². The largest absolute Gasteiger partial charge is 0.368 e. The molecule has 3 amide bonds. The van der Waals surface area contributed by atoms with Crippen molar-refractivity contribution in [2.75, 3.05) is 18.4 Å². The van der Waals surface area contributed by atoms with Crippen LogP contribution in [0.15, 0.2) is 18.2 Å². The van der Waals surface area contributed by atoms with Crippen LogP contribution in [0, 0.1) is 5.92 Å². The third-order valence-electron chi connectivity index (χ3n) is 7.24. The summed E-state index contributed by atoms with van der Waals surface area (Å²) in [6.07, 6.45) is 4.01. The molecule has 1 fully saturated rings. The summed E-state index contributed by atoms with van der Waals surface area (Å²) in [4.78, 5) is 40.8. The van der Waals surface area contributed by atoms with Crippen molar-refractivity contribution < 1.29 is 14.4 Å². The Kier molecular flexibility index (Phi) is 5.81. The normalized spacial score (nSPS) is 31.0. The van der Waals surface area contributed by atoms with E-state index in [2.05, 4.69) is 43.5 Å². The van der Waals surface area contributed by atoms with Crippen molar-refractivity contribution >= 4 is 23.4 Å². The number of nitrogens with two attached hydrogens (primary N) is 1. The molecule has 0 aliphatic carbocycles. The number of hydrogen-bond acceptors (Lipinski definition) is 4. The van der Waals surface area contributed by atoms with Crippen molar-refractivity contribution in [3.63, 3.8) is 0 Å². The lowest BCUT2D eigenvalue weighted by Gasteiger charge is -2.30. The predicted molar refractivity (Wildman–Crippen MR) is 120 cm³/mol. The quantitative estimate of drug-likeness (QED) is 0.689. The Balaban J connectivity index is 1.79. The minimum Gasteiger partial charge on any atom is -0.368 e. The minimum atomic E-state index is -0.924. The zero-order chi connectivity index (χ0) is 22.3. The van der Waals surface area contributed by atoms with Crippen molar-refractivity contribution in [1.82, 2.24) is 10.2 Å². The Hall–Kier alpha value is -2.41. The van der Waals surface area contributed by atoms with Gasteiger partial charge in [0, 0.05) is 12.2 Å². The van der Waals surface area contributed by atoms with E-state index in [0.717, 1.165) is 37.1 Å². The van der Waals surface area contributed by atoms with Gasteiger partial charge in [-0.3, -0.25) is 14.4 Å². The maximum absolute atomic E-state index is 13.6. The van der Waals surface area contributed by atoms with Crippen molar-refractivity contribution in [1.29, 1.82) is 0 Å². The van der Waals surface area contributed by atoms with Gasteiger partial charge in [-0.05, 0) is 61.3 Å². The third-order valence-corrected chi connectivity index (χ3v) is 7.24. The molecule has 1 spiro atoms. The number of anilines is 1. The van der Waals surface area contributed by atoms with Gasteiger partial charge in [0.15, 0.2) is 0 Å². The summed E-state index contributed by atoms with van der Waals surface area (Å²) in [5.74, 6) is -0.129. The molecule has 1 aromatic rings. The number of amides is 3. The molecule has 3 heterocycles. The summed E-state index contributed by atoms with van der Waals surface area (Å²) >= 11 is 0. The monoisotopic (exact) mass is 426 g/mol. The first-order valence-electron chi connectivity index (χ1n) is 11.5. The highest BCUT2D eigenvalue weighted by Crippen LogP contribution is 2.47. The van der Waals surface area contributed by atoms with Gasteiger partial charge in [0.2, 0.25) is 17.7 Å². The van der Waals surface area contributed by atoms with Crippen LogP contribution >= 0.6 is 0 Å². The molecule has 7 heteroatoms. The summed E-state index contributed by atoms with van der Waals surface area (Å²) < 4.78 is 0. The van der Waals surface area contributed by atoms with Gasteiger partial charge < -0.3 is 21.3 Å². The molecule has 31 heavy (non-hydrogen) atoms. The fraction of sp³-hybridized carbons (Fsp3) is 0.625. The van der Waals surface area contributed by atoms with Crippen LogP contribution in [0.5, 0.6) is 0 Å². The molecular weight excluding hydrogens is 392 g/mol. The molecule has 168 valence electrons. The maximum atomic E-state index is 13.6. The first-order chi connectivity index (χ1) is 14.7. The fourth-order valence-electron chi connectivity index (χ4n) is 5.45. The molecule has 4 N–H and O–H groups in total. The minimum absolute atomic E-state index is 0.128. The van der Waals surface area contributed by atoms with Gasteiger partial charge in [-0.2, -0.15) is 0 Å². The Labute approximate surface area is 184 Å². The number of carbonyl (C=O) groups is 3. The number of nitrogens with one attached hydrogen (secondary N) is 2. The van der Waals surface area contributed by atoms with Gasteiger partial charge >= 0.3 is 0 Å². The van der Waals surface area contributed by atoms with Gasteiger partial charge in [-0.1, -0.05) is 39.3 Å². The number of rotatable bonds is 3. The summed E-state index contributed by atoms with van der Waals surface area (Å²) in [5, 5.41) is 6.42. The summed E-state index contributed by atoms with van der Waals surface area (Å²) in [6.45, 7) is 7.33. The predicted octanol–water partition coefficient (Wildman–Crippen LogP) is 2.25. The van der Waals surface area contributed by atoms with Crippen molar-refractivity contribution in [2.45, 2.75) is 76.3 Å². The molecule has 1 saturated heterocycles. The SMILES string of the molecule is CC(C)C[C@@H]1NCCCCC(C)c2ccc3c(c2)[C@@]2(C[C@@H](C(N)=O)N(C2)C1=O)C(=O)N3. The first kappa shape index (κ1) is 21.8. The van der Waals surface area contributed by atoms with E-state index in [0.29, 0.717) is 18.3 Å². The lowest BCUT2D eigenvalue weighted by atomic mass is 9.78. The van der Waals surface area contributed by atoms with Gasteiger partial charge in [0.25, 0.3) is 0 Å². The van der Waals surface area contributed by atoms with Crippen molar-refractivity contribution in [3.8, 4) is 0 Å². The second kappa shape index (κ2) is 8.26. The number of fused-ring (bicyclic) bond motifs is 2. The molecule has 3 aliphatic rings.